The second kappa shape index (κ2) is 9.92. The van der Waals surface area contributed by atoms with Crippen molar-refractivity contribution in [2.24, 2.45) is 5.92 Å². The second-order valence-electron chi connectivity index (χ2n) is 8.94. The van der Waals surface area contributed by atoms with E-state index >= 15 is 0 Å². The maximum absolute atomic E-state index is 13.1. The van der Waals surface area contributed by atoms with E-state index in [1.165, 1.54) is 7.11 Å². The Morgan fingerprint density at radius 2 is 1.66 bits per heavy atom. The van der Waals surface area contributed by atoms with Gasteiger partial charge in [-0.1, -0.05) is 68.4 Å². The number of esters is 1. The van der Waals surface area contributed by atoms with E-state index in [1.807, 2.05) is 50.2 Å². The van der Waals surface area contributed by atoms with Crippen molar-refractivity contribution >= 4 is 27.6 Å². The molecule has 0 bridgehead atoms. The minimum Gasteiger partial charge on any atom is -0.467 e. The fourth-order valence-corrected chi connectivity index (χ4v) is 5.55. The van der Waals surface area contributed by atoms with Crippen LogP contribution in [-0.4, -0.2) is 38.3 Å². The van der Waals surface area contributed by atoms with Crippen LogP contribution in [0.5, 0.6) is 0 Å². The molecular weight excluding hydrogens is 464 g/mol. The van der Waals surface area contributed by atoms with Crippen LogP contribution < -0.4 is 4.72 Å². The molecule has 0 saturated carbocycles. The number of ether oxygens (including phenoxy) is 1. The lowest BCUT2D eigenvalue weighted by Crippen LogP contribution is -2.45. The molecule has 1 unspecified atom stereocenters. The van der Waals surface area contributed by atoms with Crippen molar-refractivity contribution in [3.63, 3.8) is 0 Å². The summed E-state index contributed by atoms with van der Waals surface area (Å²) in [6, 6.07) is 21.0. The molecule has 35 heavy (non-hydrogen) atoms. The van der Waals surface area contributed by atoms with Crippen LogP contribution in [0, 0.1) is 5.92 Å². The fraction of sp³-hybridized carbons (Fsp3) is 0.259. The van der Waals surface area contributed by atoms with Gasteiger partial charge in [0.25, 0.3) is 5.91 Å². The first-order chi connectivity index (χ1) is 16.7. The first kappa shape index (κ1) is 24.5. The third-order valence-electron chi connectivity index (χ3n) is 6.04. The zero-order valence-electron chi connectivity index (χ0n) is 19.9. The van der Waals surface area contributed by atoms with E-state index in [9.17, 15) is 18.0 Å². The minimum absolute atomic E-state index is 0.0848. The van der Waals surface area contributed by atoms with Gasteiger partial charge in [-0.2, -0.15) is 0 Å². The van der Waals surface area contributed by atoms with Crippen molar-refractivity contribution in [2.45, 2.75) is 32.2 Å². The van der Waals surface area contributed by atoms with Gasteiger partial charge in [-0.25, -0.2) is 13.2 Å². The summed E-state index contributed by atoms with van der Waals surface area (Å²) in [5.74, 6) is -0.816. The molecule has 1 amide bonds. The number of methoxy groups -OCH3 is 1. The quantitative estimate of drug-likeness (QED) is 0.469. The maximum atomic E-state index is 13.1. The first-order valence-electron chi connectivity index (χ1n) is 11.3. The standard InChI is InChI=1S/C27H28N2O5S/c1-18(2)25(27(31)34-3)29-16-22-10-9-21(15-24(22)26(29)30)20-11-13-23(14-12-20)28-35(32,33)17-19-7-5-4-6-8-19/h4-15,18,25,28H,16-17H2,1-3H3. The van der Waals surface area contributed by atoms with Crippen LogP contribution >= 0.6 is 0 Å². The van der Waals surface area contributed by atoms with Gasteiger partial charge in [0.05, 0.1) is 12.9 Å². The number of fused-ring (bicyclic) bond motifs is 1. The van der Waals surface area contributed by atoms with Crippen LogP contribution in [-0.2, 0) is 31.9 Å². The molecule has 0 spiro atoms. The van der Waals surface area contributed by atoms with Gasteiger partial charge >= 0.3 is 5.97 Å². The molecule has 0 radical (unpaired) electrons. The Morgan fingerprint density at radius 1 is 1.00 bits per heavy atom. The van der Waals surface area contributed by atoms with Gasteiger partial charge < -0.3 is 9.64 Å². The molecule has 0 aliphatic carbocycles. The summed E-state index contributed by atoms with van der Waals surface area (Å²) in [4.78, 5) is 27.0. The molecule has 0 aromatic heterocycles. The number of carbonyl (C=O) groups is 2. The number of hydrogen-bond donors (Lipinski definition) is 1. The fourth-order valence-electron chi connectivity index (χ4n) is 4.35. The number of sulfonamides is 1. The van der Waals surface area contributed by atoms with E-state index in [1.54, 1.807) is 41.3 Å². The maximum Gasteiger partial charge on any atom is 0.328 e. The molecule has 1 N–H and O–H groups in total. The van der Waals surface area contributed by atoms with Crippen LogP contribution in [0.2, 0.25) is 0 Å². The predicted molar refractivity (Wildman–Crippen MR) is 135 cm³/mol. The average Bonchev–Trinajstić information content (AvgIpc) is 3.14. The molecular formula is C27H28N2O5S. The van der Waals surface area contributed by atoms with Crippen molar-refractivity contribution < 1.29 is 22.7 Å². The van der Waals surface area contributed by atoms with Crippen LogP contribution in [0.15, 0.2) is 72.8 Å². The van der Waals surface area contributed by atoms with Crippen LogP contribution in [0.3, 0.4) is 0 Å². The van der Waals surface area contributed by atoms with Gasteiger partial charge in [0, 0.05) is 17.8 Å². The van der Waals surface area contributed by atoms with E-state index in [4.69, 9.17) is 4.74 Å². The highest BCUT2D eigenvalue weighted by Crippen LogP contribution is 2.32. The Kier molecular flexibility index (Phi) is 6.93. The SMILES string of the molecule is COC(=O)C(C(C)C)N1Cc2ccc(-c3ccc(NS(=O)(=O)Cc4ccccc4)cc3)cc2C1=O. The highest BCUT2D eigenvalue weighted by molar-refractivity contribution is 7.91. The Labute approximate surface area is 205 Å². The Balaban J connectivity index is 1.51. The van der Waals surface area contributed by atoms with E-state index in [0.29, 0.717) is 23.4 Å². The summed E-state index contributed by atoms with van der Waals surface area (Å²) in [7, 11) is -2.22. The normalized spacial score (nSPS) is 14.1. The summed E-state index contributed by atoms with van der Waals surface area (Å²) >= 11 is 0. The van der Waals surface area contributed by atoms with Crippen molar-refractivity contribution in [3.05, 3.63) is 89.5 Å². The lowest BCUT2D eigenvalue weighted by atomic mass is 10.0. The Hall–Kier alpha value is -3.65. The van der Waals surface area contributed by atoms with Crippen LogP contribution in [0.4, 0.5) is 5.69 Å². The molecule has 4 rings (SSSR count). The number of nitrogens with one attached hydrogen (secondary N) is 1. The van der Waals surface area contributed by atoms with E-state index in [-0.39, 0.29) is 17.6 Å². The summed E-state index contributed by atoms with van der Waals surface area (Å²) in [5, 5.41) is 0. The number of benzene rings is 3. The molecule has 3 aromatic carbocycles. The Bertz CT molecular complexity index is 1340. The van der Waals surface area contributed by atoms with E-state index in [0.717, 1.165) is 16.7 Å². The molecule has 8 heteroatoms. The van der Waals surface area contributed by atoms with Crippen LogP contribution in [0.25, 0.3) is 11.1 Å². The highest BCUT2D eigenvalue weighted by Gasteiger charge is 2.38. The second-order valence-corrected chi connectivity index (χ2v) is 10.7. The monoisotopic (exact) mass is 492 g/mol. The molecule has 1 atom stereocenters. The van der Waals surface area contributed by atoms with Gasteiger partial charge in [-0.15, -0.1) is 0 Å². The van der Waals surface area contributed by atoms with Gasteiger partial charge in [-0.3, -0.25) is 9.52 Å². The lowest BCUT2D eigenvalue weighted by molar-refractivity contribution is -0.147. The molecule has 0 saturated heterocycles. The van der Waals surface area contributed by atoms with Gasteiger partial charge in [0.2, 0.25) is 10.0 Å². The van der Waals surface area contributed by atoms with Gasteiger partial charge in [0.15, 0.2) is 0 Å². The number of rotatable bonds is 8. The smallest absolute Gasteiger partial charge is 0.328 e. The third-order valence-corrected chi connectivity index (χ3v) is 7.30. The Morgan fingerprint density at radius 3 is 2.29 bits per heavy atom. The van der Waals surface area contributed by atoms with Crippen molar-refractivity contribution in [1.82, 2.24) is 4.90 Å². The lowest BCUT2D eigenvalue weighted by Gasteiger charge is -2.28. The highest BCUT2D eigenvalue weighted by atomic mass is 32.2. The number of hydrogen-bond acceptors (Lipinski definition) is 5. The third kappa shape index (κ3) is 5.38. The molecule has 182 valence electrons. The average molecular weight is 493 g/mol. The summed E-state index contributed by atoms with van der Waals surface area (Å²) < 4.78 is 32.5. The topological polar surface area (TPSA) is 92.8 Å². The molecule has 3 aromatic rings. The summed E-state index contributed by atoms with van der Waals surface area (Å²) in [6.07, 6.45) is 0. The van der Waals surface area contributed by atoms with Crippen molar-refractivity contribution in [1.29, 1.82) is 0 Å². The van der Waals surface area contributed by atoms with Crippen molar-refractivity contribution in [3.8, 4) is 11.1 Å². The molecule has 0 fully saturated rings. The molecule has 7 nitrogen and oxygen atoms in total. The zero-order valence-corrected chi connectivity index (χ0v) is 20.7. The molecule has 1 aliphatic rings. The van der Waals surface area contributed by atoms with Crippen LogP contribution in [0.1, 0.15) is 35.3 Å². The van der Waals surface area contributed by atoms with E-state index < -0.39 is 22.0 Å². The zero-order chi connectivity index (χ0) is 25.2. The predicted octanol–water partition coefficient (Wildman–Crippen LogP) is 4.45. The summed E-state index contributed by atoms with van der Waals surface area (Å²) in [6.45, 7) is 4.13. The summed E-state index contributed by atoms with van der Waals surface area (Å²) in [5.41, 5.74) is 4.27. The largest absolute Gasteiger partial charge is 0.467 e. The number of amides is 1. The number of anilines is 1. The van der Waals surface area contributed by atoms with Gasteiger partial charge in [-0.05, 0) is 46.4 Å². The van der Waals surface area contributed by atoms with Crippen molar-refractivity contribution in [2.75, 3.05) is 11.8 Å². The number of carbonyl (C=O) groups excluding carboxylic acids is 2. The first-order valence-corrected chi connectivity index (χ1v) is 13.0. The minimum atomic E-state index is -3.55. The molecule has 1 heterocycles. The van der Waals surface area contributed by atoms with E-state index in [2.05, 4.69) is 4.72 Å². The molecule has 1 aliphatic heterocycles. The van der Waals surface area contributed by atoms with Gasteiger partial charge in [0.1, 0.15) is 6.04 Å². The number of nitrogens with zero attached hydrogens (tertiary/aromatic N) is 1.